The van der Waals surface area contributed by atoms with Gasteiger partial charge in [0.15, 0.2) is 0 Å². The zero-order valence-electron chi connectivity index (χ0n) is 8.69. The van der Waals surface area contributed by atoms with E-state index >= 15 is 0 Å². The first-order valence-electron chi connectivity index (χ1n) is 5.27. The smallest absolute Gasteiger partial charge is 0.308 e. The van der Waals surface area contributed by atoms with Gasteiger partial charge in [-0.25, -0.2) is 0 Å². The quantitative estimate of drug-likeness (QED) is 0.586. The second kappa shape index (κ2) is 4.47. The molecule has 5 heteroatoms. The molecule has 0 heterocycles. The molecule has 1 aromatic carbocycles. The lowest BCUT2D eigenvalue weighted by Gasteiger charge is -2.12. The molecule has 0 unspecified atom stereocenters. The average Bonchev–Trinajstić information content (AvgIpc) is 2.73. The van der Waals surface area contributed by atoms with Gasteiger partial charge in [0.1, 0.15) is 5.75 Å². The van der Waals surface area contributed by atoms with Crippen LogP contribution in [0.2, 0.25) is 0 Å². The van der Waals surface area contributed by atoms with Gasteiger partial charge in [0, 0.05) is 0 Å². The van der Waals surface area contributed by atoms with E-state index in [1.165, 1.54) is 6.07 Å². The number of ether oxygens (including phenoxy) is 1. The Bertz CT molecular complexity index is 402. The molecule has 0 atom stereocenters. The van der Waals surface area contributed by atoms with Crippen molar-refractivity contribution in [1.29, 1.82) is 0 Å². The van der Waals surface area contributed by atoms with E-state index in [1.54, 1.807) is 0 Å². The van der Waals surface area contributed by atoms with E-state index < -0.39 is 16.4 Å². The summed E-state index contributed by atoms with van der Waals surface area (Å²) in [4.78, 5) is 9.78. The fourth-order valence-electron chi connectivity index (χ4n) is 1.90. The number of hydrogen-bond donors (Lipinski definition) is 0. The molecule has 86 valence electrons. The van der Waals surface area contributed by atoms with Gasteiger partial charge in [0.2, 0.25) is 5.82 Å². The molecular weight excluding hydrogens is 213 g/mol. The Kier molecular flexibility index (Phi) is 3.03. The van der Waals surface area contributed by atoms with Gasteiger partial charge >= 0.3 is 5.69 Å². The van der Waals surface area contributed by atoms with Gasteiger partial charge in [-0.15, -0.1) is 0 Å². The van der Waals surface area contributed by atoms with E-state index in [1.807, 2.05) is 0 Å². The number of nitro benzene ring substituents is 1. The van der Waals surface area contributed by atoms with E-state index in [9.17, 15) is 14.5 Å². The molecule has 0 saturated heterocycles. The Hall–Kier alpha value is -1.65. The number of halogens is 1. The lowest BCUT2D eigenvalue weighted by atomic mass is 10.2. The number of rotatable bonds is 3. The van der Waals surface area contributed by atoms with E-state index in [0.717, 1.165) is 37.8 Å². The van der Waals surface area contributed by atoms with Crippen molar-refractivity contribution in [2.75, 3.05) is 0 Å². The van der Waals surface area contributed by atoms with Crippen LogP contribution in [-0.4, -0.2) is 11.0 Å². The van der Waals surface area contributed by atoms with Crippen molar-refractivity contribution in [2.24, 2.45) is 0 Å². The third-order valence-electron chi connectivity index (χ3n) is 2.72. The molecule has 0 N–H and O–H groups in total. The molecule has 2 rings (SSSR count). The summed E-state index contributed by atoms with van der Waals surface area (Å²) in [5.74, 6) is -0.455. The summed E-state index contributed by atoms with van der Waals surface area (Å²) in [7, 11) is 0. The van der Waals surface area contributed by atoms with Crippen molar-refractivity contribution >= 4 is 5.69 Å². The molecule has 0 radical (unpaired) electrons. The van der Waals surface area contributed by atoms with Gasteiger partial charge in [-0.2, -0.15) is 4.39 Å². The standard InChI is InChI=1S/C11H12FNO3/c12-10-6-5-9(7-11(10)13(14)15)16-8-3-1-2-4-8/h5-8H,1-4H2. The van der Waals surface area contributed by atoms with Crippen LogP contribution in [0.25, 0.3) is 0 Å². The molecule has 0 aromatic heterocycles. The molecule has 1 aliphatic carbocycles. The first-order chi connectivity index (χ1) is 7.66. The Labute approximate surface area is 92.2 Å². The van der Waals surface area contributed by atoms with E-state index in [2.05, 4.69) is 0 Å². The van der Waals surface area contributed by atoms with Crippen molar-refractivity contribution < 1.29 is 14.1 Å². The summed E-state index contributed by atoms with van der Waals surface area (Å²) in [5, 5.41) is 10.5. The Balaban J connectivity index is 2.15. The maximum absolute atomic E-state index is 13.0. The van der Waals surface area contributed by atoms with E-state index in [4.69, 9.17) is 4.74 Å². The molecule has 1 saturated carbocycles. The minimum atomic E-state index is -0.830. The highest BCUT2D eigenvalue weighted by atomic mass is 19.1. The van der Waals surface area contributed by atoms with Crippen molar-refractivity contribution in [3.05, 3.63) is 34.1 Å². The molecule has 0 bridgehead atoms. The summed E-state index contributed by atoms with van der Waals surface area (Å²) in [6.07, 6.45) is 4.28. The molecule has 4 nitrogen and oxygen atoms in total. The van der Waals surface area contributed by atoms with E-state index in [-0.39, 0.29) is 6.10 Å². The second-order valence-electron chi connectivity index (χ2n) is 3.89. The Morgan fingerprint density at radius 2 is 2.06 bits per heavy atom. The summed E-state index contributed by atoms with van der Waals surface area (Å²) in [6, 6.07) is 3.65. The molecular formula is C11H12FNO3. The number of nitro groups is 1. The summed E-state index contributed by atoms with van der Waals surface area (Å²) in [6.45, 7) is 0. The van der Waals surface area contributed by atoms with Crippen LogP contribution in [0.3, 0.4) is 0 Å². The molecule has 1 aliphatic rings. The fraction of sp³-hybridized carbons (Fsp3) is 0.455. The van der Waals surface area contributed by atoms with Gasteiger partial charge in [0.25, 0.3) is 0 Å². The maximum Gasteiger partial charge on any atom is 0.308 e. The van der Waals surface area contributed by atoms with Crippen molar-refractivity contribution in [3.63, 3.8) is 0 Å². The lowest BCUT2D eigenvalue weighted by Crippen LogP contribution is -2.11. The highest BCUT2D eigenvalue weighted by Gasteiger charge is 2.19. The maximum atomic E-state index is 13.0. The second-order valence-corrected chi connectivity index (χ2v) is 3.89. The van der Waals surface area contributed by atoms with Crippen LogP contribution >= 0.6 is 0 Å². The molecule has 0 spiro atoms. The Morgan fingerprint density at radius 1 is 1.38 bits per heavy atom. The van der Waals surface area contributed by atoms with Crippen molar-refractivity contribution in [2.45, 2.75) is 31.8 Å². The highest BCUT2D eigenvalue weighted by molar-refractivity contribution is 5.39. The van der Waals surface area contributed by atoms with Crippen LogP contribution in [0, 0.1) is 15.9 Å². The molecule has 0 amide bonds. The minimum absolute atomic E-state index is 0.116. The highest BCUT2D eigenvalue weighted by Crippen LogP contribution is 2.27. The fourth-order valence-corrected chi connectivity index (χ4v) is 1.90. The lowest BCUT2D eigenvalue weighted by molar-refractivity contribution is -0.387. The largest absolute Gasteiger partial charge is 0.490 e. The molecule has 1 fully saturated rings. The normalized spacial score (nSPS) is 16.3. The van der Waals surface area contributed by atoms with Crippen LogP contribution in [0.4, 0.5) is 10.1 Å². The van der Waals surface area contributed by atoms with Crippen LogP contribution in [-0.2, 0) is 0 Å². The van der Waals surface area contributed by atoms with Gasteiger partial charge in [-0.1, -0.05) is 0 Å². The summed E-state index contributed by atoms with van der Waals surface area (Å²) >= 11 is 0. The van der Waals surface area contributed by atoms with Crippen LogP contribution in [0.5, 0.6) is 5.75 Å². The third-order valence-corrected chi connectivity index (χ3v) is 2.72. The molecule has 1 aromatic rings. The zero-order chi connectivity index (χ0) is 11.5. The van der Waals surface area contributed by atoms with Crippen LogP contribution < -0.4 is 4.74 Å². The predicted octanol–water partition coefficient (Wildman–Crippen LogP) is 3.06. The Morgan fingerprint density at radius 3 is 2.69 bits per heavy atom. The minimum Gasteiger partial charge on any atom is -0.490 e. The van der Waals surface area contributed by atoms with Gasteiger partial charge < -0.3 is 4.74 Å². The van der Waals surface area contributed by atoms with Crippen LogP contribution in [0.15, 0.2) is 18.2 Å². The number of hydrogen-bond acceptors (Lipinski definition) is 3. The first kappa shape index (κ1) is 10.9. The molecule has 0 aliphatic heterocycles. The monoisotopic (exact) mass is 225 g/mol. The number of benzene rings is 1. The summed E-state index contributed by atoms with van der Waals surface area (Å²) in [5.41, 5.74) is -0.532. The third kappa shape index (κ3) is 2.29. The topological polar surface area (TPSA) is 52.4 Å². The van der Waals surface area contributed by atoms with Gasteiger partial charge in [0.05, 0.1) is 17.1 Å². The van der Waals surface area contributed by atoms with Crippen molar-refractivity contribution in [1.82, 2.24) is 0 Å². The van der Waals surface area contributed by atoms with Gasteiger partial charge in [-0.05, 0) is 37.8 Å². The first-order valence-corrected chi connectivity index (χ1v) is 5.27. The predicted molar refractivity (Wildman–Crippen MR) is 55.9 cm³/mol. The van der Waals surface area contributed by atoms with Crippen molar-refractivity contribution in [3.8, 4) is 5.75 Å². The van der Waals surface area contributed by atoms with E-state index in [0.29, 0.717) is 5.75 Å². The SMILES string of the molecule is O=[N+]([O-])c1cc(OC2CCCC2)ccc1F. The summed E-state index contributed by atoms with van der Waals surface area (Å²) < 4.78 is 18.6. The molecule has 16 heavy (non-hydrogen) atoms. The average molecular weight is 225 g/mol. The van der Waals surface area contributed by atoms with Crippen LogP contribution in [0.1, 0.15) is 25.7 Å². The van der Waals surface area contributed by atoms with Gasteiger partial charge in [-0.3, -0.25) is 10.1 Å². The zero-order valence-corrected chi connectivity index (χ0v) is 8.69. The number of nitrogens with zero attached hydrogens (tertiary/aromatic N) is 1.